The molecular weight excluding hydrogens is 180 g/mol. The average Bonchev–Trinajstić information content (AvgIpc) is 2.59. The fourth-order valence-electron chi connectivity index (χ4n) is 1.38. The van der Waals surface area contributed by atoms with Crippen molar-refractivity contribution < 1.29 is 4.79 Å². The number of hydrogen-bond acceptors (Lipinski definition) is 5. The van der Waals surface area contributed by atoms with Crippen LogP contribution in [0.5, 0.6) is 0 Å². The van der Waals surface area contributed by atoms with Crippen molar-refractivity contribution in [2.45, 2.75) is 12.5 Å². The second kappa shape index (κ2) is 4.13. The fraction of sp³-hybridized carbons (Fsp3) is 0.556. The van der Waals surface area contributed by atoms with Crippen LogP contribution < -0.4 is 5.32 Å². The average molecular weight is 192 g/mol. The van der Waals surface area contributed by atoms with Crippen LogP contribution in [0.15, 0.2) is 27.4 Å². The lowest BCUT2D eigenvalue weighted by Gasteiger charge is -2.04. The minimum absolute atomic E-state index is 0.0793. The van der Waals surface area contributed by atoms with E-state index in [0.717, 1.165) is 13.0 Å². The molecule has 14 heavy (non-hydrogen) atoms. The third-order valence-electron chi connectivity index (χ3n) is 2.10. The molecule has 1 atom stereocenters. The predicted molar refractivity (Wildman–Crippen MR) is 52.6 cm³/mol. The SMILES string of the molecule is O=C(C1=NCCN1)C1C=CCCN=N1. The van der Waals surface area contributed by atoms with E-state index in [1.54, 1.807) is 6.08 Å². The third-order valence-corrected chi connectivity index (χ3v) is 2.10. The molecule has 2 rings (SSSR count). The molecule has 0 aromatic carbocycles. The maximum atomic E-state index is 11.8. The van der Waals surface area contributed by atoms with E-state index >= 15 is 0 Å². The van der Waals surface area contributed by atoms with E-state index in [0.29, 0.717) is 18.9 Å². The number of nitrogens with zero attached hydrogens (tertiary/aromatic N) is 3. The van der Waals surface area contributed by atoms with Gasteiger partial charge in [-0.25, -0.2) is 0 Å². The van der Waals surface area contributed by atoms with Crippen molar-refractivity contribution in [3.05, 3.63) is 12.2 Å². The first-order valence-electron chi connectivity index (χ1n) is 4.74. The Balaban J connectivity index is 2.09. The first-order valence-corrected chi connectivity index (χ1v) is 4.74. The maximum Gasteiger partial charge on any atom is 0.227 e. The number of Topliss-reactive ketones (excluding diaryl/α,β-unsaturated/α-hetero) is 1. The maximum absolute atomic E-state index is 11.8. The third kappa shape index (κ3) is 1.86. The molecule has 0 spiro atoms. The molecule has 1 N–H and O–H groups in total. The molecule has 0 amide bonds. The van der Waals surface area contributed by atoms with Crippen molar-refractivity contribution in [1.29, 1.82) is 0 Å². The first-order chi connectivity index (χ1) is 6.88. The van der Waals surface area contributed by atoms with Gasteiger partial charge in [0, 0.05) is 6.54 Å². The quantitative estimate of drug-likeness (QED) is 0.641. The molecule has 2 aliphatic heterocycles. The van der Waals surface area contributed by atoms with Crippen LogP contribution in [-0.2, 0) is 4.79 Å². The smallest absolute Gasteiger partial charge is 0.227 e. The summed E-state index contributed by atoms with van der Waals surface area (Å²) in [5.41, 5.74) is 0. The first kappa shape index (κ1) is 9.05. The van der Waals surface area contributed by atoms with Crippen LogP contribution in [-0.4, -0.2) is 37.3 Å². The highest BCUT2D eigenvalue weighted by Crippen LogP contribution is 2.05. The molecule has 5 nitrogen and oxygen atoms in total. The second-order valence-electron chi connectivity index (χ2n) is 3.16. The van der Waals surface area contributed by atoms with Crippen molar-refractivity contribution in [1.82, 2.24) is 5.32 Å². The lowest BCUT2D eigenvalue weighted by molar-refractivity contribution is -0.113. The van der Waals surface area contributed by atoms with Gasteiger partial charge in [0.25, 0.3) is 0 Å². The van der Waals surface area contributed by atoms with Gasteiger partial charge in [-0.2, -0.15) is 10.2 Å². The molecule has 0 radical (unpaired) electrons. The molecule has 0 aliphatic carbocycles. The summed E-state index contributed by atoms with van der Waals surface area (Å²) in [7, 11) is 0. The number of carbonyl (C=O) groups is 1. The molecule has 1 unspecified atom stereocenters. The number of ketones is 1. The van der Waals surface area contributed by atoms with Gasteiger partial charge in [-0.15, -0.1) is 0 Å². The van der Waals surface area contributed by atoms with Gasteiger partial charge in [-0.05, 0) is 6.42 Å². The molecule has 2 aliphatic rings. The molecule has 0 saturated heterocycles. The van der Waals surface area contributed by atoms with Crippen LogP contribution in [0.1, 0.15) is 6.42 Å². The molecule has 2 heterocycles. The minimum atomic E-state index is -0.471. The van der Waals surface area contributed by atoms with Gasteiger partial charge in [0.15, 0.2) is 11.9 Å². The normalized spacial score (nSPS) is 25.4. The van der Waals surface area contributed by atoms with Crippen molar-refractivity contribution in [2.75, 3.05) is 19.6 Å². The summed E-state index contributed by atoms with van der Waals surface area (Å²) in [6.45, 7) is 2.09. The number of aliphatic imine (C=N–C) groups is 1. The molecule has 0 fully saturated rings. The van der Waals surface area contributed by atoms with Crippen molar-refractivity contribution in [2.24, 2.45) is 15.2 Å². The molecule has 0 aromatic rings. The van der Waals surface area contributed by atoms with Gasteiger partial charge < -0.3 is 5.32 Å². The van der Waals surface area contributed by atoms with Crippen LogP contribution in [0, 0.1) is 0 Å². The number of azo groups is 1. The highest BCUT2D eigenvalue weighted by atomic mass is 16.1. The number of rotatable bonds is 2. The van der Waals surface area contributed by atoms with Crippen LogP contribution >= 0.6 is 0 Å². The summed E-state index contributed by atoms with van der Waals surface area (Å²) in [5.74, 6) is 0.366. The van der Waals surface area contributed by atoms with E-state index in [2.05, 4.69) is 20.5 Å². The van der Waals surface area contributed by atoms with Crippen molar-refractivity contribution >= 4 is 11.6 Å². The second-order valence-corrected chi connectivity index (χ2v) is 3.16. The lowest BCUT2D eigenvalue weighted by atomic mass is 10.1. The number of nitrogens with one attached hydrogen (secondary N) is 1. The molecular formula is C9H12N4O. The Morgan fingerprint density at radius 3 is 3.21 bits per heavy atom. The van der Waals surface area contributed by atoms with Crippen molar-refractivity contribution in [3.63, 3.8) is 0 Å². The van der Waals surface area contributed by atoms with E-state index in [1.807, 2.05) is 6.08 Å². The van der Waals surface area contributed by atoms with E-state index in [1.165, 1.54) is 0 Å². The molecule has 0 aromatic heterocycles. The lowest BCUT2D eigenvalue weighted by Crippen LogP contribution is -2.33. The summed E-state index contributed by atoms with van der Waals surface area (Å²) in [6, 6.07) is -0.471. The van der Waals surface area contributed by atoms with Gasteiger partial charge in [-0.3, -0.25) is 9.79 Å². The molecule has 0 saturated carbocycles. The standard InChI is InChI=1S/C9H12N4O/c14-8(9-10-5-6-11-9)7-3-1-2-4-12-13-7/h1,3,7H,2,4-6H2,(H,10,11). The van der Waals surface area contributed by atoms with Crippen LogP contribution in [0.3, 0.4) is 0 Å². The highest BCUT2D eigenvalue weighted by molar-refractivity contribution is 6.41. The Morgan fingerprint density at radius 2 is 2.43 bits per heavy atom. The van der Waals surface area contributed by atoms with Crippen LogP contribution in [0.4, 0.5) is 0 Å². The van der Waals surface area contributed by atoms with Crippen molar-refractivity contribution in [3.8, 4) is 0 Å². The van der Waals surface area contributed by atoms with Gasteiger partial charge in [-0.1, -0.05) is 12.2 Å². The zero-order chi connectivity index (χ0) is 9.80. The number of hydrogen-bond donors (Lipinski definition) is 1. The van der Waals surface area contributed by atoms with E-state index in [9.17, 15) is 4.79 Å². The van der Waals surface area contributed by atoms with Gasteiger partial charge >= 0.3 is 0 Å². The topological polar surface area (TPSA) is 66.2 Å². The Morgan fingerprint density at radius 1 is 1.50 bits per heavy atom. The Hall–Kier alpha value is -1.52. The largest absolute Gasteiger partial charge is 0.365 e. The van der Waals surface area contributed by atoms with Gasteiger partial charge in [0.1, 0.15) is 0 Å². The van der Waals surface area contributed by atoms with E-state index < -0.39 is 6.04 Å². The predicted octanol–water partition coefficient (Wildman–Crippen LogP) is 0.338. The Kier molecular flexibility index (Phi) is 2.67. The van der Waals surface area contributed by atoms with Gasteiger partial charge in [0.05, 0.1) is 13.1 Å². The number of carbonyl (C=O) groups excluding carboxylic acids is 1. The van der Waals surface area contributed by atoms with Gasteiger partial charge in [0.2, 0.25) is 5.78 Å². The summed E-state index contributed by atoms with van der Waals surface area (Å²) in [4.78, 5) is 15.8. The Labute approximate surface area is 82.0 Å². The van der Waals surface area contributed by atoms with E-state index in [4.69, 9.17) is 0 Å². The zero-order valence-corrected chi connectivity index (χ0v) is 7.81. The minimum Gasteiger partial charge on any atom is -0.365 e. The summed E-state index contributed by atoms with van der Waals surface area (Å²) >= 11 is 0. The summed E-state index contributed by atoms with van der Waals surface area (Å²) in [6.07, 6.45) is 4.59. The monoisotopic (exact) mass is 192 g/mol. The molecule has 5 heteroatoms. The van der Waals surface area contributed by atoms with Crippen LogP contribution in [0.25, 0.3) is 0 Å². The molecule has 74 valence electrons. The Bertz CT molecular complexity index is 305. The van der Waals surface area contributed by atoms with E-state index in [-0.39, 0.29) is 5.78 Å². The fourth-order valence-corrected chi connectivity index (χ4v) is 1.38. The summed E-state index contributed by atoms with van der Waals surface area (Å²) < 4.78 is 0. The number of amidine groups is 1. The highest BCUT2D eigenvalue weighted by Gasteiger charge is 2.23. The molecule has 0 bridgehead atoms. The summed E-state index contributed by atoms with van der Waals surface area (Å²) in [5, 5.41) is 10.8. The van der Waals surface area contributed by atoms with Crippen LogP contribution in [0.2, 0.25) is 0 Å². The zero-order valence-electron chi connectivity index (χ0n) is 7.81.